The van der Waals surface area contributed by atoms with Crippen molar-refractivity contribution >= 4 is 10.9 Å². The zero-order valence-electron chi connectivity index (χ0n) is 11.6. The van der Waals surface area contributed by atoms with E-state index in [1.807, 2.05) is 30.2 Å². The lowest BCUT2D eigenvalue weighted by Crippen LogP contribution is -2.17. The van der Waals surface area contributed by atoms with Gasteiger partial charge in [-0.05, 0) is 29.8 Å². The number of fused-ring (bicyclic) bond motifs is 1. The summed E-state index contributed by atoms with van der Waals surface area (Å²) in [6.45, 7) is 1.83. The van der Waals surface area contributed by atoms with Gasteiger partial charge in [0.2, 0.25) is 0 Å². The molecule has 3 rings (SSSR count). The minimum Gasteiger partial charge on any atom is -0.312 e. The molecule has 0 radical (unpaired) electrons. The first-order valence-corrected chi connectivity index (χ1v) is 6.84. The third-order valence-corrected chi connectivity index (χ3v) is 3.48. The lowest BCUT2D eigenvalue weighted by Gasteiger charge is -2.06. The van der Waals surface area contributed by atoms with E-state index in [2.05, 4.69) is 45.7 Å². The number of benzene rings is 1. The van der Waals surface area contributed by atoms with E-state index in [1.54, 1.807) is 0 Å². The van der Waals surface area contributed by atoms with Crippen LogP contribution in [0.25, 0.3) is 10.9 Å². The van der Waals surface area contributed by atoms with E-state index in [-0.39, 0.29) is 0 Å². The van der Waals surface area contributed by atoms with Crippen molar-refractivity contribution in [3.63, 3.8) is 0 Å². The second kappa shape index (κ2) is 5.84. The number of pyridine rings is 1. The molecule has 20 heavy (non-hydrogen) atoms. The molecule has 0 amide bonds. The highest BCUT2D eigenvalue weighted by atomic mass is 15.3. The fourth-order valence-corrected chi connectivity index (χ4v) is 2.33. The standard InChI is InChI=1S/C16H18N4/c1-20-15(7-10-19-20)6-9-17-12-13-4-5-16-14(11-13)3-2-8-18-16/h2-5,7-8,10-11,17H,6,9,12H2,1H3. The van der Waals surface area contributed by atoms with Crippen LogP contribution in [0.3, 0.4) is 0 Å². The van der Waals surface area contributed by atoms with E-state index < -0.39 is 0 Å². The minimum absolute atomic E-state index is 0.878. The quantitative estimate of drug-likeness (QED) is 0.721. The summed E-state index contributed by atoms with van der Waals surface area (Å²) in [6, 6.07) is 12.5. The minimum atomic E-state index is 0.878. The molecule has 0 atom stereocenters. The van der Waals surface area contributed by atoms with Crippen molar-refractivity contribution in [2.24, 2.45) is 7.05 Å². The Morgan fingerprint density at radius 2 is 2.10 bits per heavy atom. The van der Waals surface area contributed by atoms with E-state index in [4.69, 9.17) is 0 Å². The Balaban J connectivity index is 1.56. The maximum Gasteiger partial charge on any atom is 0.0702 e. The van der Waals surface area contributed by atoms with Gasteiger partial charge in [0.05, 0.1) is 5.52 Å². The van der Waals surface area contributed by atoms with E-state index in [9.17, 15) is 0 Å². The van der Waals surface area contributed by atoms with Gasteiger partial charge in [-0.15, -0.1) is 0 Å². The maximum absolute atomic E-state index is 4.33. The molecular weight excluding hydrogens is 248 g/mol. The van der Waals surface area contributed by atoms with E-state index in [0.717, 1.165) is 25.0 Å². The molecule has 0 aliphatic rings. The summed E-state index contributed by atoms with van der Waals surface area (Å²) in [5, 5.41) is 8.83. The fourth-order valence-electron chi connectivity index (χ4n) is 2.33. The average molecular weight is 266 g/mol. The van der Waals surface area contributed by atoms with Crippen molar-refractivity contribution in [2.45, 2.75) is 13.0 Å². The molecule has 4 nitrogen and oxygen atoms in total. The van der Waals surface area contributed by atoms with Crippen LogP contribution in [0.15, 0.2) is 48.8 Å². The second-order valence-corrected chi connectivity index (χ2v) is 4.90. The van der Waals surface area contributed by atoms with Crippen LogP contribution in [0.5, 0.6) is 0 Å². The van der Waals surface area contributed by atoms with Gasteiger partial charge in [0.1, 0.15) is 0 Å². The number of aryl methyl sites for hydroxylation is 1. The average Bonchev–Trinajstić information content (AvgIpc) is 2.89. The van der Waals surface area contributed by atoms with E-state index in [1.165, 1.54) is 16.6 Å². The molecule has 0 saturated heterocycles. The van der Waals surface area contributed by atoms with Crippen LogP contribution in [-0.4, -0.2) is 21.3 Å². The van der Waals surface area contributed by atoms with Crippen molar-refractivity contribution in [3.8, 4) is 0 Å². The van der Waals surface area contributed by atoms with Gasteiger partial charge in [-0.2, -0.15) is 5.10 Å². The van der Waals surface area contributed by atoms with Crippen LogP contribution in [0, 0.1) is 0 Å². The number of hydrogen-bond acceptors (Lipinski definition) is 3. The first-order valence-electron chi connectivity index (χ1n) is 6.84. The molecule has 1 N–H and O–H groups in total. The molecule has 0 fully saturated rings. The largest absolute Gasteiger partial charge is 0.312 e. The molecule has 0 aliphatic carbocycles. The maximum atomic E-state index is 4.33. The molecule has 1 aromatic carbocycles. The Morgan fingerprint density at radius 1 is 1.15 bits per heavy atom. The molecule has 102 valence electrons. The van der Waals surface area contributed by atoms with Crippen LogP contribution in [-0.2, 0) is 20.0 Å². The lowest BCUT2D eigenvalue weighted by molar-refractivity contribution is 0.643. The number of hydrogen-bond donors (Lipinski definition) is 1. The van der Waals surface area contributed by atoms with Gasteiger partial charge in [-0.1, -0.05) is 12.1 Å². The van der Waals surface area contributed by atoms with E-state index in [0.29, 0.717) is 0 Å². The highest BCUT2D eigenvalue weighted by molar-refractivity contribution is 5.78. The first-order chi connectivity index (χ1) is 9.83. The Morgan fingerprint density at radius 3 is 2.95 bits per heavy atom. The molecule has 0 aliphatic heterocycles. The van der Waals surface area contributed by atoms with Gasteiger partial charge in [-0.3, -0.25) is 9.67 Å². The van der Waals surface area contributed by atoms with Crippen LogP contribution in [0.1, 0.15) is 11.3 Å². The smallest absolute Gasteiger partial charge is 0.0702 e. The number of aromatic nitrogens is 3. The molecule has 2 heterocycles. The van der Waals surface area contributed by atoms with Crippen LogP contribution in [0.2, 0.25) is 0 Å². The summed E-state index contributed by atoms with van der Waals surface area (Å²) in [4.78, 5) is 4.33. The summed E-state index contributed by atoms with van der Waals surface area (Å²) in [6.07, 6.45) is 4.66. The molecular formula is C16H18N4. The first kappa shape index (κ1) is 12.8. The number of nitrogens with zero attached hydrogens (tertiary/aromatic N) is 3. The molecule has 0 unspecified atom stereocenters. The predicted octanol–water partition coefficient (Wildman–Crippen LogP) is 2.30. The van der Waals surface area contributed by atoms with Gasteiger partial charge in [0, 0.05) is 50.0 Å². The van der Waals surface area contributed by atoms with Gasteiger partial charge in [0.25, 0.3) is 0 Å². The molecule has 4 heteroatoms. The molecule has 2 aromatic heterocycles. The van der Waals surface area contributed by atoms with Gasteiger partial charge in [0.15, 0.2) is 0 Å². The summed E-state index contributed by atoms with van der Waals surface area (Å²) in [7, 11) is 1.98. The third kappa shape index (κ3) is 2.86. The monoisotopic (exact) mass is 266 g/mol. The third-order valence-electron chi connectivity index (χ3n) is 3.48. The SMILES string of the molecule is Cn1nccc1CCNCc1ccc2ncccc2c1. The van der Waals surface area contributed by atoms with Crippen LogP contribution < -0.4 is 5.32 Å². The normalized spacial score (nSPS) is 11.1. The van der Waals surface area contributed by atoms with Gasteiger partial charge < -0.3 is 5.32 Å². The highest BCUT2D eigenvalue weighted by Crippen LogP contribution is 2.13. The zero-order chi connectivity index (χ0) is 13.8. The van der Waals surface area contributed by atoms with Gasteiger partial charge in [-0.25, -0.2) is 0 Å². The lowest BCUT2D eigenvalue weighted by atomic mass is 10.1. The molecule has 3 aromatic rings. The van der Waals surface area contributed by atoms with Crippen molar-refractivity contribution in [1.82, 2.24) is 20.1 Å². The summed E-state index contributed by atoms with van der Waals surface area (Å²) < 4.78 is 1.92. The van der Waals surface area contributed by atoms with Crippen molar-refractivity contribution in [3.05, 3.63) is 60.0 Å². The molecule has 0 bridgehead atoms. The van der Waals surface area contributed by atoms with Crippen LogP contribution >= 0.6 is 0 Å². The second-order valence-electron chi connectivity index (χ2n) is 4.90. The number of nitrogens with one attached hydrogen (secondary N) is 1. The molecule has 0 saturated carbocycles. The van der Waals surface area contributed by atoms with Crippen molar-refractivity contribution in [1.29, 1.82) is 0 Å². The topological polar surface area (TPSA) is 42.7 Å². The number of rotatable bonds is 5. The van der Waals surface area contributed by atoms with E-state index >= 15 is 0 Å². The summed E-state index contributed by atoms with van der Waals surface area (Å²) >= 11 is 0. The molecule has 0 spiro atoms. The van der Waals surface area contributed by atoms with Crippen molar-refractivity contribution in [2.75, 3.05) is 6.54 Å². The van der Waals surface area contributed by atoms with Gasteiger partial charge >= 0.3 is 0 Å². The Bertz CT molecular complexity index is 702. The highest BCUT2D eigenvalue weighted by Gasteiger charge is 1.99. The summed E-state index contributed by atoms with van der Waals surface area (Å²) in [5.41, 5.74) is 3.59. The Hall–Kier alpha value is -2.20. The Kier molecular flexibility index (Phi) is 3.74. The van der Waals surface area contributed by atoms with Crippen LogP contribution in [0.4, 0.5) is 0 Å². The predicted molar refractivity (Wildman–Crippen MR) is 80.4 cm³/mol. The fraction of sp³-hybridized carbons (Fsp3) is 0.250. The zero-order valence-corrected chi connectivity index (χ0v) is 11.6. The Labute approximate surface area is 118 Å². The van der Waals surface area contributed by atoms with Crippen molar-refractivity contribution < 1.29 is 0 Å². The summed E-state index contributed by atoms with van der Waals surface area (Å²) in [5.74, 6) is 0.